The van der Waals surface area contributed by atoms with E-state index in [-0.39, 0.29) is 11.7 Å². The molecule has 1 fully saturated rings. The van der Waals surface area contributed by atoms with E-state index in [0.717, 1.165) is 59.1 Å². The zero-order chi connectivity index (χ0) is 18.4. The van der Waals surface area contributed by atoms with E-state index in [1.807, 2.05) is 54.6 Å². The first-order chi connectivity index (χ1) is 13.2. The second kappa shape index (κ2) is 6.32. The van der Waals surface area contributed by atoms with Crippen LogP contribution in [-0.2, 0) is 4.79 Å². The first-order valence-electron chi connectivity index (χ1n) is 9.44. The van der Waals surface area contributed by atoms with Crippen LogP contribution in [0.25, 0.3) is 21.9 Å². The van der Waals surface area contributed by atoms with Crippen molar-refractivity contribution in [2.45, 2.75) is 12.8 Å². The van der Waals surface area contributed by atoms with E-state index in [4.69, 9.17) is 0 Å². The van der Waals surface area contributed by atoms with Crippen LogP contribution in [0.2, 0.25) is 0 Å². The van der Waals surface area contributed by atoms with Crippen LogP contribution in [-0.4, -0.2) is 36.2 Å². The number of benzene rings is 3. The fourth-order valence-corrected chi connectivity index (χ4v) is 4.32. The molecule has 4 heteroatoms. The largest absolute Gasteiger partial charge is 0.324 e. The first kappa shape index (κ1) is 16.2. The van der Waals surface area contributed by atoms with E-state index < -0.39 is 0 Å². The summed E-state index contributed by atoms with van der Waals surface area (Å²) in [4.78, 5) is 27.7. The van der Waals surface area contributed by atoms with Crippen LogP contribution in [0.1, 0.15) is 28.8 Å². The number of carbonyl (C=O) groups is 2. The quantitative estimate of drug-likeness (QED) is 0.602. The van der Waals surface area contributed by atoms with Crippen LogP contribution in [0.5, 0.6) is 0 Å². The van der Waals surface area contributed by atoms with Crippen molar-refractivity contribution in [1.82, 2.24) is 4.90 Å². The van der Waals surface area contributed by atoms with Crippen molar-refractivity contribution in [3.63, 3.8) is 0 Å². The van der Waals surface area contributed by atoms with Gasteiger partial charge in [-0.05, 0) is 43.1 Å². The van der Waals surface area contributed by atoms with Crippen molar-refractivity contribution in [3.05, 3.63) is 65.7 Å². The van der Waals surface area contributed by atoms with E-state index in [2.05, 4.69) is 10.2 Å². The van der Waals surface area contributed by atoms with Gasteiger partial charge in [0.05, 0.1) is 6.54 Å². The molecule has 2 aliphatic rings. The molecule has 0 atom stereocenters. The number of anilines is 1. The number of ketones is 1. The maximum absolute atomic E-state index is 13.0. The molecule has 27 heavy (non-hydrogen) atoms. The molecule has 1 N–H and O–H groups in total. The highest BCUT2D eigenvalue weighted by atomic mass is 16.2. The molecule has 0 bridgehead atoms. The molecule has 1 saturated heterocycles. The van der Waals surface area contributed by atoms with Crippen molar-refractivity contribution in [2.24, 2.45) is 0 Å². The lowest BCUT2D eigenvalue weighted by atomic mass is 9.82. The number of nitrogens with one attached hydrogen (secondary N) is 1. The lowest BCUT2D eigenvalue weighted by Gasteiger charge is -2.21. The van der Waals surface area contributed by atoms with Gasteiger partial charge in [0.15, 0.2) is 5.78 Å². The summed E-state index contributed by atoms with van der Waals surface area (Å²) < 4.78 is 0. The number of likely N-dealkylation sites (tertiary alicyclic amines) is 1. The Hall–Kier alpha value is -2.98. The zero-order valence-corrected chi connectivity index (χ0v) is 15.0. The van der Waals surface area contributed by atoms with Gasteiger partial charge in [0.1, 0.15) is 0 Å². The van der Waals surface area contributed by atoms with Crippen LogP contribution >= 0.6 is 0 Å². The molecule has 1 aliphatic carbocycles. The third-order valence-corrected chi connectivity index (χ3v) is 5.59. The molecule has 1 heterocycles. The van der Waals surface area contributed by atoms with Gasteiger partial charge in [0, 0.05) is 27.6 Å². The predicted molar refractivity (Wildman–Crippen MR) is 107 cm³/mol. The Kier molecular flexibility index (Phi) is 3.80. The zero-order valence-electron chi connectivity index (χ0n) is 15.0. The normalized spacial score (nSPS) is 15.8. The van der Waals surface area contributed by atoms with E-state index in [1.54, 1.807) is 0 Å². The molecule has 1 amide bonds. The van der Waals surface area contributed by atoms with Crippen LogP contribution in [0.3, 0.4) is 0 Å². The summed E-state index contributed by atoms with van der Waals surface area (Å²) in [6.07, 6.45) is 2.32. The molecule has 0 spiro atoms. The third-order valence-electron chi connectivity index (χ3n) is 5.59. The van der Waals surface area contributed by atoms with Gasteiger partial charge in [-0.25, -0.2) is 0 Å². The van der Waals surface area contributed by atoms with Gasteiger partial charge in [0.2, 0.25) is 5.91 Å². The number of fused-ring (bicyclic) bond motifs is 2. The second-order valence-corrected chi connectivity index (χ2v) is 7.29. The van der Waals surface area contributed by atoms with E-state index in [1.165, 1.54) is 0 Å². The Labute approximate surface area is 157 Å². The van der Waals surface area contributed by atoms with Gasteiger partial charge in [-0.1, -0.05) is 48.5 Å². The molecule has 3 aromatic carbocycles. The SMILES string of the molecule is O=C(CN1CCCC1)Nc1ccc2c3c(cccc13)C(=O)c1ccccc1-2. The molecule has 0 radical (unpaired) electrons. The highest BCUT2D eigenvalue weighted by Gasteiger charge is 2.25. The van der Waals surface area contributed by atoms with Crippen LogP contribution < -0.4 is 5.32 Å². The third kappa shape index (κ3) is 2.64. The number of hydrogen-bond acceptors (Lipinski definition) is 3. The Morgan fingerprint density at radius 3 is 2.41 bits per heavy atom. The minimum absolute atomic E-state index is 0.000129. The molecule has 0 unspecified atom stereocenters. The maximum atomic E-state index is 13.0. The molecule has 0 saturated carbocycles. The maximum Gasteiger partial charge on any atom is 0.238 e. The molecule has 5 rings (SSSR count). The predicted octanol–water partition coefficient (Wildman–Crippen LogP) is 4.09. The van der Waals surface area contributed by atoms with Crippen LogP contribution in [0.4, 0.5) is 5.69 Å². The summed E-state index contributed by atoms with van der Waals surface area (Å²) >= 11 is 0. The fourth-order valence-electron chi connectivity index (χ4n) is 4.32. The molecule has 1 aliphatic heterocycles. The molecule has 0 aromatic heterocycles. The minimum Gasteiger partial charge on any atom is -0.324 e. The van der Waals surface area contributed by atoms with E-state index in [0.29, 0.717) is 12.1 Å². The van der Waals surface area contributed by atoms with Gasteiger partial charge in [-0.15, -0.1) is 0 Å². The Morgan fingerprint density at radius 2 is 1.59 bits per heavy atom. The number of nitrogens with zero attached hydrogens (tertiary/aromatic N) is 1. The summed E-state index contributed by atoms with van der Waals surface area (Å²) in [7, 11) is 0. The summed E-state index contributed by atoms with van der Waals surface area (Å²) in [6, 6.07) is 17.4. The number of rotatable bonds is 3. The Bertz CT molecular complexity index is 1080. The monoisotopic (exact) mass is 356 g/mol. The van der Waals surface area contributed by atoms with Gasteiger partial charge >= 0.3 is 0 Å². The Morgan fingerprint density at radius 1 is 0.852 bits per heavy atom. The minimum atomic E-state index is 0.000129. The topological polar surface area (TPSA) is 49.4 Å². The van der Waals surface area contributed by atoms with Crippen molar-refractivity contribution in [2.75, 3.05) is 25.0 Å². The van der Waals surface area contributed by atoms with Crippen molar-refractivity contribution >= 4 is 28.2 Å². The van der Waals surface area contributed by atoms with E-state index >= 15 is 0 Å². The average molecular weight is 356 g/mol. The van der Waals surface area contributed by atoms with Crippen LogP contribution in [0, 0.1) is 0 Å². The summed E-state index contributed by atoms with van der Waals surface area (Å²) in [5, 5.41) is 4.91. The number of amides is 1. The molecule has 134 valence electrons. The van der Waals surface area contributed by atoms with E-state index in [9.17, 15) is 9.59 Å². The summed E-state index contributed by atoms with van der Waals surface area (Å²) in [5.74, 6) is 0.0457. The summed E-state index contributed by atoms with van der Waals surface area (Å²) in [5.41, 5.74) is 4.22. The van der Waals surface area contributed by atoms with Gasteiger partial charge in [-0.2, -0.15) is 0 Å². The van der Waals surface area contributed by atoms with Crippen LogP contribution in [0.15, 0.2) is 54.6 Å². The van der Waals surface area contributed by atoms with Gasteiger partial charge in [0.25, 0.3) is 0 Å². The smallest absolute Gasteiger partial charge is 0.238 e. The van der Waals surface area contributed by atoms with Crippen molar-refractivity contribution < 1.29 is 9.59 Å². The lowest BCUT2D eigenvalue weighted by molar-refractivity contribution is -0.117. The fraction of sp³-hybridized carbons (Fsp3) is 0.217. The lowest BCUT2D eigenvalue weighted by Crippen LogP contribution is -2.30. The molecular weight excluding hydrogens is 336 g/mol. The first-order valence-corrected chi connectivity index (χ1v) is 9.44. The van der Waals surface area contributed by atoms with Gasteiger partial charge in [-0.3, -0.25) is 14.5 Å². The average Bonchev–Trinajstić information content (AvgIpc) is 3.20. The summed E-state index contributed by atoms with van der Waals surface area (Å²) in [6.45, 7) is 2.40. The van der Waals surface area contributed by atoms with Crippen molar-refractivity contribution in [3.8, 4) is 11.1 Å². The number of hydrogen-bond donors (Lipinski definition) is 1. The van der Waals surface area contributed by atoms with Gasteiger partial charge < -0.3 is 5.32 Å². The highest BCUT2D eigenvalue weighted by molar-refractivity contribution is 6.27. The molecule has 3 aromatic rings. The highest BCUT2D eigenvalue weighted by Crippen LogP contribution is 2.41. The molecular formula is C23H20N2O2. The molecule has 4 nitrogen and oxygen atoms in total. The second-order valence-electron chi connectivity index (χ2n) is 7.29. The van der Waals surface area contributed by atoms with Crippen molar-refractivity contribution in [1.29, 1.82) is 0 Å². The number of carbonyl (C=O) groups excluding carboxylic acids is 2. The standard InChI is InChI=1S/C23H20N2O2/c26-21(14-25-12-3-4-13-25)24-20-11-10-16-15-6-1-2-7-17(15)23(27)19-9-5-8-18(20)22(16)19/h1-2,5-11H,3-4,12-14H2,(H,24,26). The Balaban J connectivity index is 1.58.